The van der Waals surface area contributed by atoms with Gasteiger partial charge in [0.05, 0.1) is 17.6 Å². The van der Waals surface area contributed by atoms with Crippen LogP contribution in [0.3, 0.4) is 0 Å². The standard InChI is InChI=1S/C12H14N4O6.ClH/c13-9-6-4(12(20)21)1-16(10(6)15-3-14-9)11-8(19)7(18)5(2-17)22-11;/h1,3,5,7-8,11,17-19H,2H2,(H,20,21)(H2,13,14,15);1H. The summed E-state index contributed by atoms with van der Waals surface area (Å²) in [4.78, 5) is 19.1. The van der Waals surface area contributed by atoms with Crippen LogP contribution in [0.2, 0.25) is 0 Å². The molecule has 23 heavy (non-hydrogen) atoms. The van der Waals surface area contributed by atoms with E-state index in [9.17, 15) is 20.1 Å². The lowest BCUT2D eigenvalue weighted by Crippen LogP contribution is -2.33. The monoisotopic (exact) mass is 346 g/mol. The van der Waals surface area contributed by atoms with Crippen LogP contribution in [-0.2, 0) is 4.74 Å². The van der Waals surface area contributed by atoms with Gasteiger partial charge in [-0.05, 0) is 0 Å². The molecule has 0 bridgehead atoms. The number of carboxylic acid groups (broad SMARTS) is 1. The number of aliphatic hydroxyl groups excluding tert-OH is 3. The number of nitrogens with zero attached hydrogens (tertiary/aromatic N) is 3. The summed E-state index contributed by atoms with van der Waals surface area (Å²) >= 11 is 0. The molecule has 2 aromatic rings. The van der Waals surface area contributed by atoms with Crippen LogP contribution in [0.15, 0.2) is 12.5 Å². The number of aliphatic hydroxyl groups is 3. The van der Waals surface area contributed by atoms with Crippen molar-refractivity contribution >= 4 is 35.2 Å². The van der Waals surface area contributed by atoms with Gasteiger partial charge in [-0.3, -0.25) is 0 Å². The maximum absolute atomic E-state index is 11.3. The third-order valence-electron chi connectivity index (χ3n) is 3.66. The third-order valence-corrected chi connectivity index (χ3v) is 3.66. The van der Waals surface area contributed by atoms with Crippen molar-refractivity contribution in [3.05, 3.63) is 18.1 Å². The van der Waals surface area contributed by atoms with E-state index in [0.717, 1.165) is 6.33 Å². The average molecular weight is 347 g/mol. The lowest BCUT2D eigenvalue weighted by atomic mass is 10.1. The number of ether oxygens (including phenoxy) is 1. The van der Waals surface area contributed by atoms with Gasteiger partial charge < -0.3 is 35.5 Å². The van der Waals surface area contributed by atoms with Crippen molar-refractivity contribution in [1.29, 1.82) is 0 Å². The van der Waals surface area contributed by atoms with Gasteiger partial charge in [-0.2, -0.15) is 0 Å². The summed E-state index contributed by atoms with van der Waals surface area (Å²) in [6, 6.07) is 0. The predicted octanol–water partition coefficient (Wildman–Crippen LogP) is -1.26. The van der Waals surface area contributed by atoms with Gasteiger partial charge in [0, 0.05) is 6.20 Å². The quantitative estimate of drug-likeness (QED) is 0.456. The topological polar surface area (TPSA) is 164 Å². The van der Waals surface area contributed by atoms with Crippen LogP contribution in [0.5, 0.6) is 0 Å². The number of carboxylic acids is 1. The van der Waals surface area contributed by atoms with E-state index in [1.54, 1.807) is 0 Å². The van der Waals surface area contributed by atoms with Crippen LogP contribution in [0.1, 0.15) is 16.6 Å². The second-order valence-corrected chi connectivity index (χ2v) is 4.94. The Balaban J connectivity index is 0.00000192. The number of aromatic nitrogens is 3. The van der Waals surface area contributed by atoms with Gasteiger partial charge in [-0.15, -0.1) is 12.4 Å². The number of nitrogen functional groups attached to an aromatic ring is 1. The highest BCUT2D eigenvalue weighted by molar-refractivity contribution is 6.06. The first-order valence-corrected chi connectivity index (χ1v) is 6.42. The van der Waals surface area contributed by atoms with E-state index in [0.29, 0.717) is 0 Å². The minimum atomic E-state index is -1.36. The minimum Gasteiger partial charge on any atom is -0.478 e. The number of nitrogens with two attached hydrogens (primary N) is 1. The molecule has 1 saturated heterocycles. The van der Waals surface area contributed by atoms with Crippen LogP contribution in [0.25, 0.3) is 11.0 Å². The first-order valence-electron chi connectivity index (χ1n) is 6.42. The molecule has 0 spiro atoms. The smallest absolute Gasteiger partial charge is 0.338 e. The Hall–Kier alpha value is -1.98. The Kier molecular flexibility index (Phi) is 4.73. The maximum atomic E-state index is 11.3. The molecule has 10 nitrogen and oxygen atoms in total. The van der Waals surface area contributed by atoms with E-state index in [1.165, 1.54) is 10.8 Å². The first-order chi connectivity index (χ1) is 10.5. The molecule has 0 radical (unpaired) electrons. The minimum absolute atomic E-state index is 0. The molecule has 0 aliphatic carbocycles. The van der Waals surface area contributed by atoms with Gasteiger partial charge >= 0.3 is 5.97 Å². The highest BCUT2D eigenvalue weighted by Gasteiger charge is 2.44. The highest BCUT2D eigenvalue weighted by atomic mass is 35.5. The lowest BCUT2D eigenvalue weighted by molar-refractivity contribution is -0.0509. The summed E-state index contributed by atoms with van der Waals surface area (Å²) in [5.74, 6) is -1.26. The number of halogens is 1. The normalized spacial score (nSPS) is 27.1. The van der Waals surface area contributed by atoms with Gasteiger partial charge in [0.2, 0.25) is 0 Å². The van der Waals surface area contributed by atoms with Crippen molar-refractivity contribution < 1.29 is 30.0 Å². The van der Waals surface area contributed by atoms with Gasteiger partial charge in [-0.25, -0.2) is 14.8 Å². The van der Waals surface area contributed by atoms with Gasteiger partial charge in [-0.1, -0.05) is 0 Å². The van der Waals surface area contributed by atoms with E-state index in [-0.39, 0.29) is 34.8 Å². The third kappa shape index (κ3) is 2.60. The Bertz CT molecular complexity index is 738. The van der Waals surface area contributed by atoms with Crippen LogP contribution in [-0.4, -0.2) is 65.8 Å². The summed E-state index contributed by atoms with van der Waals surface area (Å²) in [5, 5.41) is 38.4. The van der Waals surface area contributed by atoms with Crippen LogP contribution < -0.4 is 5.73 Å². The maximum Gasteiger partial charge on any atom is 0.338 e. The molecule has 1 aliphatic heterocycles. The average Bonchev–Trinajstić information content (AvgIpc) is 3.00. The fourth-order valence-corrected chi connectivity index (χ4v) is 2.57. The first kappa shape index (κ1) is 17.4. The van der Waals surface area contributed by atoms with E-state index >= 15 is 0 Å². The van der Waals surface area contributed by atoms with E-state index < -0.39 is 37.1 Å². The molecule has 3 heterocycles. The second kappa shape index (κ2) is 6.26. The summed E-state index contributed by atoms with van der Waals surface area (Å²) in [5.41, 5.74) is 5.71. The molecule has 0 aromatic carbocycles. The van der Waals surface area contributed by atoms with Crippen molar-refractivity contribution in [2.24, 2.45) is 0 Å². The van der Waals surface area contributed by atoms with Crippen molar-refractivity contribution in [3.8, 4) is 0 Å². The van der Waals surface area contributed by atoms with Crippen molar-refractivity contribution in [2.75, 3.05) is 12.3 Å². The predicted molar refractivity (Wildman–Crippen MR) is 79.2 cm³/mol. The van der Waals surface area contributed by atoms with Crippen molar-refractivity contribution in [2.45, 2.75) is 24.5 Å². The van der Waals surface area contributed by atoms with E-state index in [2.05, 4.69) is 9.97 Å². The summed E-state index contributed by atoms with van der Waals surface area (Å²) in [6.07, 6.45) is -2.38. The number of hydrogen-bond acceptors (Lipinski definition) is 8. The molecule has 6 N–H and O–H groups in total. The fraction of sp³-hybridized carbons (Fsp3) is 0.417. The second-order valence-electron chi connectivity index (χ2n) is 4.94. The number of rotatable bonds is 3. The molecule has 3 rings (SSSR count). The van der Waals surface area contributed by atoms with Crippen molar-refractivity contribution in [3.63, 3.8) is 0 Å². The summed E-state index contributed by atoms with van der Waals surface area (Å²) in [6.45, 7) is -0.489. The Morgan fingerprint density at radius 2 is 2.04 bits per heavy atom. The number of anilines is 1. The number of aromatic carboxylic acids is 1. The molecule has 2 aromatic heterocycles. The van der Waals surface area contributed by atoms with E-state index in [1.807, 2.05) is 0 Å². The SMILES string of the molecule is Cl.Nc1ncnc2c1c(C(=O)O)cn2C1OC(CO)C(O)C1O. The molecule has 4 unspecified atom stereocenters. The molecule has 0 amide bonds. The lowest BCUT2D eigenvalue weighted by Gasteiger charge is -2.17. The molecule has 11 heteroatoms. The van der Waals surface area contributed by atoms with Crippen LogP contribution in [0.4, 0.5) is 5.82 Å². The Morgan fingerprint density at radius 1 is 1.35 bits per heavy atom. The molecule has 4 atom stereocenters. The van der Waals surface area contributed by atoms with Gasteiger partial charge in [0.1, 0.15) is 36.1 Å². The van der Waals surface area contributed by atoms with Crippen molar-refractivity contribution in [1.82, 2.24) is 14.5 Å². The molecule has 0 saturated carbocycles. The zero-order valence-electron chi connectivity index (χ0n) is 11.6. The number of hydrogen-bond donors (Lipinski definition) is 5. The zero-order chi connectivity index (χ0) is 16.0. The van der Waals surface area contributed by atoms with Crippen LogP contribution >= 0.6 is 12.4 Å². The molecule has 126 valence electrons. The highest BCUT2D eigenvalue weighted by Crippen LogP contribution is 2.34. The molecular formula is C12H15ClN4O6. The molecular weight excluding hydrogens is 332 g/mol. The molecule has 1 fully saturated rings. The molecule has 1 aliphatic rings. The fourth-order valence-electron chi connectivity index (χ4n) is 2.57. The number of carbonyl (C=O) groups is 1. The Labute approximate surface area is 135 Å². The summed E-state index contributed by atoms with van der Waals surface area (Å²) in [7, 11) is 0. The van der Waals surface area contributed by atoms with E-state index in [4.69, 9.17) is 15.6 Å². The zero-order valence-corrected chi connectivity index (χ0v) is 12.4. The summed E-state index contributed by atoms with van der Waals surface area (Å²) < 4.78 is 6.65. The largest absolute Gasteiger partial charge is 0.478 e. The number of fused-ring (bicyclic) bond motifs is 1. The Morgan fingerprint density at radius 3 is 2.61 bits per heavy atom. The van der Waals surface area contributed by atoms with Crippen LogP contribution in [0, 0.1) is 0 Å². The van der Waals surface area contributed by atoms with Gasteiger partial charge in [0.25, 0.3) is 0 Å². The van der Waals surface area contributed by atoms with Gasteiger partial charge in [0.15, 0.2) is 6.23 Å².